The molecular weight excluding hydrogens is 480 g/mol. The fourth-order valence-corrected chi connectivity index (χ4v) is 4.15. The highest BCUT2D eigenvalue weighted by molar-refractivity contribution is 5.99. The summed E-state index contributed by atoms with van der Waals surface area (Å²) in [6, 6.07) is 12.9. The first kappa shape index (κ1) is 30.4. The van der Waals surface area contributed by atoms with Crippen LogP contribution in [0.1, 0.15) is 69.3 Å². The zero-order valence-corrected chi connectivity index (χ0v) is 23.7. The summed E-state index contributed by atoms with van der Waals surface area (Å²) in [5.74, 6) is -0.933. The number of hydrogen-bond donors (Lipinski definition) is 2. The molecule has 2 aromatic carbocycles. The molecule has 0 radical (unpaired) electrons. The predicted octanol–water partition coefficient (Wildman–Crippen LogP) is 5.58. The molecule has 0 aliphatic heterocycles. The second-order valence-corrected chi connectivity index (χ2v) is 10.9. The lowest BCUT2D eigenvalue weighted by Crippen LogP contribution is -2.53. The zero-order chi connectivity index (χ0) is 28.6. The van der Waals surface area contributed by atoms with Gasteiger partial charge >= 0.3 is 6.09 Å². The first-order chi connectivity index (χ1) is 17.7. The van der Waals surface area contributed by atoms with Gasteiger partial charge in [-0.1, -0.05) is 50.2 Å². The maximum Gasteiger partial charge on any atom is 0.408 e. The second-order valence-electron chi connectivity index (χ2n) is 10.9. The van der Waals surface area contributed by atoms with E-state index in [1.165, 1.54) is 4.90 Å². The number of nitrogens with zero attached hydrogens (tertiary/aromatic N) is 2. The molecule has 0 saturated carbocycles. The molecule has 0 spiro atoms. The van der Waals surface area contributed by atoms with Crippen molar-refractivity contribution in [2.45, 2.75) is 79.5 Å². The molecule has 2 aromatic rings. The number of nitrogens with one attached hydrogen (secondary N) is 2. The molecule has 2 unspecified atom stereocenters. The van der Waals surface area contributed by atoms with Gasteiger partial charge < -0.3 is 20.3 Å². The summed E-state index contributed by atoms with van der Waals surface area (Å²) >= 11 is 0. The number of ether oxygens (including phenoxy) is 1. The number of carbonyl (C=O) groups excluding carboxylic acids is 3. The van der Waals surface area contributed by atoms with Crippen molar-refractivity contribution in [2.75, 3.05) is 11.9 Å². The number of anilines is 1. The van der Waals surface area contributed by atoms with E-state index in [0.29, 0.717) is 17.7 Å². The molecule has 3 amide bonds. The van der Waals surface area contributed by atoms with E-state index in [-0.39, 0.29) is 12.5 Å². The van der Waals surface area contributed by atoms with Gasteiger partial charge in [0.2, 0.25) is 5.91 Å². The smallest absolute Gasteiger partial charge is 0.408 e. The van der Waals surface area contributed by atoms with Crippen LogP contribution in [0, 0.1) is 38.0 Å². The van der Waals surface area contributed by atoms with E-state index in [0.717, 1.165) is 16.7 Å². The lowest BCUT2D eigenvalue weighted by Gasteiger charge is -2.34. The Morgan fingerprint density at radius 3 is 2.21 bits per heavy atom. The summed E-state index contributed by atoms with van der Waals surface area (Å²) in [5, 5.41) is 15.4. The number of para-hydroxylation sites is 1. The lowest BCUT2D eigenvalue weighted by molar-refractivity contribution is -0.140. The van der Waals surface area contributed by atoms with Crippen LogP contribution in [-0.4, -0.2) is 41.0 Å². The normalized spacial score (nSPS) is 12.7. The van der Waals surface area contributed by atoms with Crippen LogP contribution >= 0.6 is 0 Å². The third kappa shape index (κ3) is 8.34. The van der Waals surface area contributed by atoms with E-state index in [4.69, 9.17) is 4.74 Å². The molecule has 0 aliphatic carbocycles. The SMILES string of the molecule is Cc1ccccc1NC(=O)C(c1cccc(C)c1C)N(CC#N)C(=O)C(CC(C)C)NC(=O)OC(C)(C)C. The van der Waals surface area contributed by atoms with Crippen molar-refractivity contribution in [1.82, 2.24) is 10.2 Å². The molecular formula is C30H40N4O4. The maximum atomic E-state index is 14.0. The number of hydrogen-bond acceptors (Lipinski definition) is 5. The summed E-state index contributed by atoms with van der Waals surface area (Å²) in [6.07, 6.45) is -0.431. The van der Waals surface area contributed by atoms with Gasteiger partial charge in [0.25, 0.3) is 5.91 Å². The lowest BCUT2D eigenvalue weighted by atomic mass is 9.94. The average Bonchev–Trinajstić information content (AvgIpc) is 2.80. The zero-order valence-electron chi connectivity index (χ0n) is 23.7. The van der Waals surface area contributed by atoms with Gasteiger partial charge in [0.05, 0.1) is 6.07 Å². The van der Waals surface area contributed by atoms with Crippen molar-refractivity contribution < 1.29 is 19.1 Å². The predicted molar refractivity (Wildman–Crippen MR) is 148 cm³/mol. The highest BCUT2D eigenvalue weighted by Gasteiger charge is 2.37. The third-order valence-electron chi connectivity index (χ3n) is 6.12. The largest absolute Gasteiger partial charge is 0.444 e. The Morgan fingerprint density at radius 2 is 1.63 bits per heavy atom. The van der Waals surface area contributed by atoms with Gasteiger partial charge in [-0.3, -0.25) is 9.59 Å². The first-order valence-corrected chi connectivity index (χ1v) is 12.8. The van der Waals surface area contributed by atoms with Gasteiger partial charge in [0, 0.05) is 5.69 Å². The number of carbonyl (C=O) groups is 3. The monoisotopic (exact) mass is 520 g/mol. The van der Waals surface area contributed by atoms with Crippen molar-refractivity contribution in [3.63, 3.8) is 0 Å². The topological polar surface area (TPSA) is 112 Å². The highest BCUT2D eigenvalue weighted by atomic mass is 16.6. The van der Waals surface area contributed by atoms with Gasteiger partial charge in [-0.2, -0.15) is 5.26 Å². The Morgan fingerprint density at radius 1 is 1.00 bits per heavy atom. The minimum atomic E-state index is -1.10. The van der Waals surface area contributed by atoms with Crippen LogP contribution in [0.25, 0.3) is 0 Å². The van der Waals surface area contributed by atoms with E-state index in [2.05, 4.69) is 10.6 Å². The fraction of sp³-hybridized carbons (Fsp3) is 0.467. The third-order valence-corrected chi connectivity index (χ3v) is 6.12. The summed E-state index contributed by atoms with van der Waals surface area (Å²) in [7, 11) is 0. The molecule has 0 aliphatic rings. The molecule has 0 saturated heterocycles. The van der Waals surface area contributed by atoms with Crippen molar-refractivity contribution in [3.05, 3.63) is 64.7 Å². The minimum Gasteiger partial charge on any atom is -0.444 e. The van der Waals surface area contributed by atoms with Crippen LogP contribution < -0.4 is 10.6 Å². The second kappa shape index (κ2) is 13.1. The Hall–Kier alpha value is -3.86. The van der Waals surface area contributed by atoms with Gasteiger partial charge in [-0.25, -0.2) is 4.79 Å². The molecule has 0 aromatic heterocycles. The quantitative estimate of drug-likeness (QED) is 0.419. The molecule has 0 heterocycles. The molecule has 8 nitrogen and oxygen atoms in total. The van der Waals surface area contributed by atoms with Crippen LogP contribution in [0.5, 0.6) is 0 Å². The number of nitriles is 1. The van der Waals surface area contributed by atoms with Crippen LogP contribution in [0.15, 0.2) is 42.5 Å². The van der Waals surface area contributed by atoms with Crippen molar-refractivity contribution in [1.29, 1.82) is 5.26 Å². The van der Waals surface area contributed by atoms with E-state index in [9.17, 15) is 19.6 Å². The maximum absolute atomic E-state index is 14.0. The van der Waals surface area contributed by atoms with Crippen molar-refractivity contribution in [3.8, 4) is 6.07 Å². The standard InChI is InChI=1S/C30H40N4O4/c1-19(2)18-25(33-29(37)38-30(6,7)8)28(36)34(17-16-31)26(23-14-11-13-20(3)22(23)5)27(35)32-24-15-10-9-12-21(24)4/h9-15,19,25-26H,17-18H2,1-8H3,(H,32,35)(H,33,37). The number of rotatable bonds is 9. The number of benzene rings is 2. The van der Waals surface area contributed by atoms with Crippen LogP contribution in [0.3, 0.4) is 0 Å². The number of amides is 3. The Bertz CT molecular complexity index is 1190. The van der Waals surface area contributed by atoms with Gasteiger partial charge in [0.15, 0.2) is 0 Å². The molecule has 8 heteroatoms. The molecule has 38 heavy (non-hydrogen) atoms. The summed E-state index contributed by atoms with van der Waals surface area (Å²) < 4.78 is 5.39. The molecule has 2 rings (SSSR count). The highest BCUT2D eigenvalue weighted by Crippen LogP contribution is 2.29. The van der Waals surface area contributed by atoms with Gasteiger partial charge in [-0.05, 0) is 82.2 Å². The molecule has 2 N–H and O–H groups in total. The summed E-state index contributed by atoms with van der Waals surface area (Å²) in [5.41, 5.74) is 3.13. The first-order valence-electron chi connectivity index (χ1n) is 12.8. The van der Waals surface area contributed by atoms with Crippen LogP contribution in [-0.2, 0) is 14.3 Å². The van der Waals surface area contributed by atoms with E-state index >= 15 is 0 Å². The van der Waals surface area contributed by atoms with Crippen molar-refractivity contribution >= 4 is 23.6 Å². The van der Waals surface area contributed by atoms with Crippen LogP contribution in [0.2, 0.25) is 0 Å². The Kier molecular flexibility index (Phi) is 10.5. The van der Waals surface area contributed by atoms with E-state index in [1.807, 2.05) is 71.0 Å². The average molecular weight is 521 g/mol. The van der Waals surface area contributed by atoms with Gasteiger partial charge in [-0.15, -0.1) is 0 Å². The van der Waals surface area contributed by atoms with E-state index in [1.54, 1.807) is 32.9 Å². The molecule has 204 valence electrons. The number of aryl methyl sites for hydroxylation is 2. The molecule has 0 fully saturated rings. The summed E-state index contributed by atoms with van der Waals surface area (Å²) in [4.78, 5) is 41.8. The van der Waals surface area contributed by atoms with Crippen LogP contribution in [0.4, 0.5) is 10.5 Å². The minimum absolute atomic E-state index is 0.0442. The molecule has 2 atom stereocenters. The Balaban J connectivity index is 2.58. The Labute approximate surface area is 226 Å². The molecule has 0 bridgehead atoms. The van der Waals surface area contributed by atoms with Gasteiger partial charge in [0.1, 0.15) is 24.2 Å². The van der Waals surface area contributed by atoms with E-state index < -0.39 is 35.6 Å². The fourth-order valence-electron chi connectivity index (χ4n) is 4.15. The number of alkyl carbamates (subject to hydrolysis) is 1. The van der Waals surface area contributed by atoms with Crippen molar-refractivity contribution in [2.24, 2.45) is 5.92 Å². The summed E-state index contributed by atoms with van der Waals surface area (Å²) in [6.45, 7) is 14.4.